The average Bonchev–Trinajstić information content (AvgIpc) is 3.58. The lowest BCUT2D eigenvalue weighted by molar-refractivity contribution is -0.122. The molecule has 1 aliphatic carbocycles. The molecule has 0 spiro atoms. The Morgan fingerprint density at radius 3 is 2.71 bits per heavy atom. The number of benzene rings is 1. The molecule has 0 radical (unpaired) electrons. The first-order valence-electron chi connectivity index (χ1n) is 10.6. The van der Waals surface area contributed by atoms with Gasteiger partial charge in [0.25, 0.3) is 0 Å². The zero-order valence-corrected chi connectivity index (χ0v) is 16.5. The predicted octanol–water partition coefficient (Wildman–Crippen LogP) is 3.16. The van der Waals surface area contributed by atoms with Crippen LogP contribution in [0.25, 0.3) is 11.3 Å². The summed E-state index contributed by atoms with van der Waals surface area (Å²) in [4.78, 5) is 24.1. The Kier molecular flexibility index (Phi) is 4.63. The summed E-state index contributed by atoms with van der Waals surface area (Å²) in [6.07, 6.45) is 4.52. The fourth-order valence-corrected chi connectivity index (χ4v) is 4.93. The molecule has 1 unspecified atom stereocenters. The van der Waals surface area contributed by atoms with Crippen molar-refractivity contribution in [1.82, 2.24) is 20.2 Å². The first-order valence-corrected chi connectivity index (χ1v) is 10.6. The number of carbonyl (C=O) groups excluding carboxylic acids is 1. The van der Waals surface area contributed by atoms with Gasteiger partial charge in [0, 0.05) is 42.2 Å². The van der Waals surface area contributed by atoms with Gasteiger partial charge in [0.2, 0.25) is 5.91 Å². The molecule has 1 aromatic heterocycles. The number of carbonyl (C=O) groups is 1. The quantitative estimate of drug-likeness (QED) is 0.871. The van der Waals surface area contributed by atoms with E-state index in [1.165, 1.54) is 12.1 Å². The Morgan fingerprint density at radius 1 is 1.18 bits per heavy atom. The van der Waals surface area contributed by atoms with Crippen molar-refractivity contribution in [3.63, 3.8) is 0 Å². The van der Waals surface area contributed by atoms with Crippen LogP contribution in [0.2, 0.25) is 0 Å². The standard InChI is InChI=1S/C23H28N4O/c1-15-25-21(16-5-3-2-4-6-16)12-22(26-15)20-14-27-10-9-18(20)11-19(27)13-24-23(28)17-7-8-17/h2-6,12,17-20H,7-11,13-14H2,1H3,(H,24,28)/t18-,19+,20+/m0/s1. The molecule has 4 fully saturated rings. The van der Waals surface area contributed by atoms with Crippen LogP contribution >= 0.6 is 0 Å². The minimum Gasteiger partial charge on any atom is -0.354 e. The van der Waals surface area contributed by atoms with Crippen molar-refractivity contribution in [3.05, 3.63) is 47.9 Å². The van der Waals surface area contributed by atoms with E-state index in [0.717, 1.165) is 56.0 Å². The number of piperidine rings is 3. The van der Waals surface area contributed by atoms with Crippen LogP contribution in [0.15, 0.2) is 36.4 Å². The minimum absolute atomic E-state index is 0.262. The van der Waals surface area contributed by atoms with Crippen molar-refractivity contribution in [2.45, 2.75) is 44.6 Å². The van der Waals surface area contributed by atoms with Gasteiger partial charge in [-0.15, -0.1) is 0 Å². The second-order valence-corrected chi connectivity index (χ2v) is 8.65. The highest BCUT2D eigenvalue weighted by atomic mass is 16.2. The smallest absolute Gasteiger partial charge is 0.223 e. The molecular formula is C23H28N4O. The van der Waals surface area contributed by atoms with Crippen LogP contribution in [0.1, 0.15) is 43.1 Å². The number of amides is 1. The molecule has 4 heterocycles. The molecule has 146 valence electrons. The van der Waals surface area contributed by atoms with Crippen LogP contribution in [0.3, 0.4) is 0 Å². The Bertz CT molecular complexity index is 864. The molecule has 1 amide bonds. The van der Waals surface area contributed by atoms with Gasteiger partial charge in [0.1, 0.15) is 5.82 Å². The first kappa shape index (κ1) is 17.8. The van der Waals surface area contributed by atoms with Gasteiger partial charge in [-0.2, -0.15) is 0 Å². The maximum absolute atomic E-state index is 12.0. The number of fused-ring (bicyclic) bond motifs is 3. The summed E-state index contributed by atoms with van der Waals surface area (Å²) >= 11 is 0. The van der Waals surface area contributed by atoms with E-state index >= 15 is 0 Å². The van der Waals surface area contributed by atoms with Gasteiger partial charge in [-0.25, -0.2) is 9.97 Å². The number of aromatic nitrogens is 2. The molecule has 28 heavy (non-hydrogen) atoms. The molecule has 4 atom stereocenters. The molecule has 4 aliphatic rings. The number of aryl methyl sites for hydroxylation is 1. The molecule has 2 bridgehead atoms. The number of nitrogens with zero attached hydrogens (tertiary/aromatic N) is 3. The third-order valence-electron chi connectivity index (χ3n) is 6.65. The highest BCUT2D eigenvalue weighted by Crippen LogP contribution is 2.41. The molecular weight excluding hydrogens is 348 g/mol. The second kappa shape index (κ2) is 7.28. The SMILES string of the molecule is Cc1nc(-c2ccccc2)cc([C@@H]2CN3CC[C@H]2C[C@@H]3CNC(=O)C2CC2)n1. The predicted molar refractivity (Wildman–Crippen MR) is 109 cm³/mol. The van der Waals surface area contributed by atoms with E-state index in [1.807, 2.05) is 13.0 Å². The number of nitrogens with one attached hydrogen (secondary N) is 1. The molecule has 3 aliphatic heterocycles. The molecule has 1 aromatic carbocycles. The van der Waals surface area contributed by atoms with Gasteiger partial charge >= 0.3 is 0 Å². The lowest BCUT2D eigenvalue weighted by Gasteiger charge is -2.49. The van der Waals surface area contributed by atoms with E-state index < -0.39 is 0 Å². The third-order valence-corrected chi connectivity index (χ3v) is 6.65. The average molecular weight is 377 g/mol. The Labute approximate surface area is 166 Å². The molecule has 3 saturated heterocycles. The lowest BCUT2D eigenvalue weighted by atomic mass is 9.74. The second-order valence-electron chi connectivity index (χ2n) is 8.65. The molecule has 1 N–H and O–H groups in total. The Hall–Kier alpha value is -2.27. The van der Waals surface area contributed by atoms with E-state index in [1.54, 1.807) is 0 Å². The van der Waals surface area contributed by atoms with Gasteiger partial charge < -0.3 is 5.32 Å². The Morgan fingerprint density at radius 2 is 2.00 bits per heavy atom. The summed E-state index contributed by atoms with van der Waals surface area (Å²) in [6, 6.07) is 13.0. The van der Waals surface area contributed by atoms with Gasteiger partial charge in [-0.05, 0) is 51.1 Å². The number of hydrogen-bond donors (Lipinski definition) is 1. The normalized spacial score (nSPS) is 28.9. The fourth-order valence-electron chi connectivity index (χ4n) is 4.93. The summed E-state index contributed by atoms with van der Waals surface area (Å²) in [5.74, 6) is 2.52. The highest BCUT2D eigenvalue weighted by Gasteiger charge is 2.42. The lowest BCUT2D eigenvalue weighted by Crippen LogP contribution is -2.56. The first-order chi connectivity index (χ1) is 13.7. The molecule has 5 heteroatoms. The minimum atomic E-state index is 0.262. The molecule has 5 nitrogen and oxygen atoms in total. The fraction of sp³-hybridized carbons (Fsp3) is 0.522. The maximum Gasteiger partial charge on any atom is 0.223 e. The van der Waals surface area contributed by atoms with Crippen molar-refractivity contribution >= 4 is 5.91 Å². The van der Waals surface area contributed by atoms with E-state index in [4.69, 9.17) is 4.98 Å². The van der Waals surface area contributed by atoms with Crippen LogP contribution in [-0.2, 0) is 4.79 Å². The van der Waals surface area contributed by atoms with Crippen LogP contribution in [0.4, 0.5) is 0 Å². The van der Waals surface area contributed by atoms with E-state index in [-0.39, 0.29) is 5.91 Å². The van der Waals surface area contributed by atoms with Crippen LogP contribution < -0.4 is 5.32 Å². The monoisotopic (exact) mass is 376 g/mol. The third kappa shape index (κ3) is 3.55. The van der Waals surface area contributed by atoms with Crippen LogP contribution in [-0.4, -0.2) is 46.5 Å². The molecule has 2 aromatic rings. The summed E-state index contributed by atoms with van der Waals surface area (Å²) in [5, 5.41) is 3.19. The highest BCUT2D eigenvalue weighted by molar-refractivity contribution is 5.80. The van der Waals surface area contributed by atoms with E-state index in [0.29, 0.717) is 23.8 Å². The van der Waals surface area contributed by atoms with Crippen molar-refractivity contribution in [2.75, 3.05) is 19.6 Å². The summed E-state index contributed by atoms with van der Waals surface area (Å²) in [5.41, 5.74) is 3.35. The molecule has 6 rings (SSSR count). The zero-order chi connectivity index (χ0) is 19.1. The number of hydrogen-bond acceptors (Lipinski definition) is 4. The largest absolute Gasteiger partial charge is 0.354 e. The van der Waals surface area contributed by atoms with Gasteiger partial charge in [0.15, 0.2) is 0 Å². The number of rotatable bonds is 5. The Balaban J connectivity index is 1.31. The summed E-state index contributed by atoms with van der Waals surface area (Å²) in [7, 11) is 0. The summed E-state index contributed by atoms with van der Waals surface area (Å²) in [6.45, 7) is 4.98. The molecule has 1 saturated carbocycles. The van der Waals surface area contributed by atoms with Crippen molar-refractivity contribution < 1.29 is 4.79 Å². The van der Waals surface area contributed by atoms with Crippen molar-refractivity contribution in [1.29, 1.82) is 0 Å². The topological polar surface area (TPSA) is 58.1 Å². The van der Waals surface area contributed by atoms with Gasteiger partial charge in [-0.3, -0.25) is 9.69 Å². The van der Waals surface area contributed by atoms with Crippen LogP contribution in [0, 0.1) is 18.8 Å². The maximum atomic E-state index is 12.0. The van der Waals surface area contributed by atoms with E-state index in [9.17, 15) is 4.79 Å². The van der Waals surface area contributed by atoms with Gasteiger partial charge in [-0.1, -0.05) is 30.3 Å². The van der Waals surface area contributed by atoms with Crippen LogP contribution in [0.5, 0.6) is 0 Å². The van der Waals surface area contributed by atoms with Crippen molar-refractivity contribution in [3.8, 4) is 11.3 Å². The van der Waals surface area contributed by atoms with Crippen molar-refractivity contribution in [2.24, 2.45) is 11.8 Å². The zero-order valence-electron chi connectivity index (χ0n) is 16.5. The van der Waals surface area contributed by atoms with E-state index in [2.05, 4.69) is 45.5 Å². The van der Waals surface area contributed by atoms with Gasteiger partial charge in [0.05, 0.1) is 5.69 Å². The summed E-state index contributed by atoms with van der Waals surface area (Å²) < 4.78 is 0.